The second-order valence-corrected chi connectivity index (χ2v) is 7.97. The van der Waals surface area contributed by atoms with E-state index in [-0.39, 0.29) is 19.0 Å². The summed E-state index contributed by atoms with van der Waals surface area (Å²) in [5.41, 5.74) is 0.786. The lowest BCUT2D eigenvalue weighted by Crippen LogP contribution is -2.37. The van der Waals surface area contributed by atoms with E-state index >= 15 is 0 Å². The van der Waals surface area contributed by atoms with Gasteiger partial charge in [0, 0.05) is 10.7 Å². The highest BCUT2D eigenvalue weighted by Crippen LogP contribution is 2.27. The molecule has 0 saturated heterocycles. The molecule has 1 aromatic carbocycles. The van der Waals surface area contributed by atoms with E-state index in [1.165, 1.54) is 0 Å². The lowest BCUT2D eigenvalue weighted by molar-refractivity contribution is -0.138. The maximum absolute atomic E-state index is 12.1. The van der Waals surface area contributed by atoms with Crippen molar-refractivity contribution in [3.8, 4) is 0 Å². The molecule has 0 aliphatic rings. The van der Waals surface area contributed by atoms with Gasteiger partial charge in [-0.05, 0) is 92.9 Å². The fourth-order valence-corrected chi connectivity index (χ4v) is 5.62. The maximum Gasteiger partial charge on any atom is 0.317 e. The molecule has 2 N–H and O–H groups in total. The van der Waals surface area contributed by atoms with Crippen LogP contribution in [0.15, 0.2) is 12.1 Å². The molecule has 0 fully saturated rings. The number of benzene rings is 1. The van der Waals surface area contributed by atoms with Crippen molar-refractivity contribution >= 4 is 85.3 Å². The van der Waals surface area contributed by atoms with Gasteiger partial charge in [-0.2, -0.15) is 0 Å². The number of amides is 1. The summed E-state index contributed by atoms with van der Waals surface area (Å²) in [5.74, 6) is -1.11. The molecule has 0 aliphatic heterocycles. The largest absolute Gasteiger partial charge is 0.480 e. The van der Waals surface area contributed by atoms with E-state index in [2.05, 4.69) is 73.1 Å². The van der Waals surface area contributed by atoms with Crippen LogP contribution in [0.3, 0.4) is 0 Å². The number of nitrogens with one attached hydrogen (secondary N) is 1. The summed E-state index contributed by atoms with van der Waals surface area (Å²) in [6, 6.07) is 3.97. The predicted octanol–water partition coefficient (Wildman–Crippen LogP) is 3.24. The molecule has 116 valence electrons. The van der Waals surface area contributed by atoms with Crippen LogP contribution >= 0.6 is 67.8 Å². The third-order valence-electron chi connectivity index (χ3n) is 2.54. The Bertz CT molecular complexity index is 514. The first-order chi connectivity index (χ1) is 9.83. The van der Waals surface area contributed by atoms with Crippen molar-refractivity contribution in [1.82, 2.24) is 4.90 Å². The molecule has 0 spiro atoms. The molecule has 0 radical (unpaired) electrons. The molecule has 8 heteroatoms. The van der Waals surface area contributed by atoms with Gasteiger partial charge in [-0.3, -0.25) is 14.5 Å². The Morgan fingerprint density at radius 3 is 2.24 bits per heavy atom. The minimum absolute atomic E-state index is 0.0816. The fourth-order valence-electron chi connectivity index (χ4n) is 1.77. The number of nitrogens with zero attached hydrogens (tertiary/aromatic N) is 1. The van der Waals surface area contributed by atoms with Crippen molar-refractivity contribution in [2.75, 3.05) is 25.0 Å². The van der Waals surface area contributed by atoms with Crippen LogP contribution in [0.1, 0.15) is 13.3 Å². The average molecular weight is 628 g/mol. The van der Waals surface area contributed by atoms with Gasteiger partial charge in [-0.15, -0.1) is 0 Å². The molecule has 1 amide bonds. The summed E-state index contributed by atoms with van der Waals surface area (Å²) >= 11 is 6.60. The zero-order chi connectivity index (χ0) is 16.0. The highest BCUT2D eigenvalue weighted by molar-refractivity contribution is 14.1. The second-order valence-electron chi connectivity index (χ2n) is 4.40. The second kappa shape index (κ2) is 9.45. The summed E-state index contributed by atoms with van der Waals surface area (Å²) in [6.45, 7) is 2.50. The smallest absolute Gasteiger partial charge is 0.317 e. The number of halogens is 3. The van der Waals surface area contributed by atoms with Crippen LogP contribution in [0.2, 0.25) is 0 Å². The molecule has 0 unspecified atom stereocenters. The van der Waals surface area contributed by atoms with Gasteiger partial charge in [0.15, 0.2) is 0 Å². The quantitative estimate of drug-likeness (QED) is 0.456. The summed E-state index contributed by atoms with van der Waals surface area (Å²) < 4.78 is 3.05. The van der Waals surface area contributed by atoms with E-state index in [0.717, 1.165) is 22.8 Å². The van der Waals surface area contributed by atoms with Crippen LogP contribution in [0.25, 0.3) is 0 Å². The van der Waals surface area contributed by atoms with Crippen molar-refractivity contribution < 1.29 is 14.7 Å². The number of carboxylic acid groups (broad SMARTS) is 1. The van der Waals surface area contributed by atoms with E-state index in [1.54, 1.807) is 4.90 Å². The van der Waals surface area contributed by atoms with Crippen LogP contribution in [-0.2, 0) is 9.59 Å². The van der Waals surface area contributed by atoms with E-state index in [4.69, 9.17) is 5.11 Å². The van der Waals surface area contributed by atoms with Gasteiger partial charge in [0.1, 0.15) is 0 Å². The van der Waals surface area contributed by atoms with Gasteiger partial charge >= 0.3 is 5.97 Å². The molecule has 0 saturated carbocycles. The first-order valence-corrected chi connectivity index (χ1v) is 9.45. The van der Waals surface area contributed by atoms with E-state index in [9.17, 15) is 9.59 Å². The first-order valence-electron chi connectivity index (χ1n) is 6.22. The molecular formula is C13H15I3N2O3. The van der Waals surface area contributed by atoms with E-state index in [0.29, 0.717) is 6.54 Å². The molecule has 21 heavy (non-hydrogen) atoms. The average Bonchev–Trinajstić information content (AvgIpc) is 2.33. The molecule has 0 bridgehead atoms. The van der Waals surface area contributed by atoms with Gasteiger partial charge < -0.3 is 10.4 Å². The number of carbonyl (C=O) groups is 2. The predicted molar refractivity (Wildman–Crippen MR) is 108 cm³/mol. The van der Waals surface area contributed by atoms with E-state index < -0.39 is 5.97 Å². The zero-order valence-corrected chi connectivity index (χ0v) is 17.8. The van der Waals surface area contributed by atoms with Crippen molar-refractivity contribution in [2.45, 2.75) is 13.3 Å². The van der Waals surface area contributed by atoms with Crippen LogP contribution in [-0.4, -0.2) is 41.5 Å². The number of carboxylic acids is 1. The Balaban J connectivity index is 2.74. The molecule has 0 aliphatic carbocycles. The van der Waals surface area contributed by atoms with Crippen molar-refractivity contribution in [3.05, 3.63) is 22.8 Å². The summed E-state index contributed by atoms with van der Waals surface area (Å²) in [6.07, 6.45) is 0.805. The summed E-state index contributed by atoms with van der Waals surface area (Å²) in [4.78, 5) is 24.5. The van der Waals surface area contributed by atoms with Gasteiger partial charge in [-0.1, -0.05) is 6.92 Å². The van der Waals surface area contributed by atoms with Gasteiger partial charge in [0.05, 0.1) is 18.8 Å². The van der Waals surface area contributed by atoms with Gasteiger partial charge in [-0.25, -0.2) is 0 Å². The lowest BCUT2D eigenvalue weighted by Gasteiger charge is -2.19. The molecule has 0 atom stereocenters. The Hall–Kier alpha value is 0.310. The van der Waals surface area contributed by atoms with Crippen LogP contribution < -0.4 is 5.32 Å². The van der Waals surface area contributed by atoms with Crippen LogP contribution in [0.5, 0.6) is 0 Å². The Morgan fingerprint density at radius 2 is 1.76 bits per heavy atom. The summed E-state index contributed by atoms with van der Waals surface area (Å²) in [5, 5.41) is 11.7. The highest BCUT2D eigenvalue weighted by Gasteiger charge is 2.15. The van der Waals surface area contributed by atoms with Crippen molar-refractivity contribution in [1.29, 1.82) is 0 Å². The maximum atomic E-state index is 12.1. The standard InChI is InChI=1S/C13H15I3N2O3/c1-2-3-18(7-12(20)21)6-11(19)17-13-9(15)4-8(14)5-10(13)16/h4-5H,2-3,6-7H2,1H3,(H,17,19)(H,20,21). The van der Waals surface area contributed by atoms with Gasteiger partial charge in [0.2, 0.25) is 5.91 Å². The Morgan fingerprint density at radius 1 is 1.19 bits per heavy atom. The summed E-state index contributed by atoms with van der Waals surface area (Å²) in [7, 11) is 0. The minimum atomic E-state index is -0.922. The Labute approximate surface area is 164 Å². The lowest BCUT2D eigenvalue weighted by atomic mass is 10.3. The Kier molecular flexibility index (Phi) is 8.71. The van der Waals surface area contributed by atoms with Crippen LogP contribution in [0.4, 0.5) is 5.69 Å². The zero-order valence-electron chi connectivity index (χ0n) is 11.3. The first kappa shape index (κ1) is 19.4. The number of hydrogen-bond acceptors (Lipinski definition) is 3. The SMILES string of the molecule is CCCN(CC(=O)O)CC(=O)Nc1c(I)cc(I)cc1I. The monoisotopic (exact) mass is 628 g/mol. The topological polar surface area (TPSA) is 69.6 Å². The van der Waals surface area contributed by atoms with E-state index in [1.807, 2.05) is 19.1 Å². The van der Waals surface area contributed by atoms with Crippen molar-refractivity contribution in [3.63, 3.8) is 0 Å². The van der Waals surface area contributed by atoms with Crippen molar-refractivity contribution in [2.24, 2.45) is 0 Å². The van der Waals surface area contributed by atoms with Gasteiger partial charge in [0.25, 0.3) is 0 Å². The molecule has 5 nitrogen and oxygen atoms in total. The minimum Gasteiger partial charge on any atom is -0.480 e. The fraction of sp³-hybridized carbons (Fsp3) is 0.385. The molecule has 0 heterocycles. The molecule has 1 rings (SSSR count). The number of anilines is 1. The third-order valence-corrected chi connectivity index (χ3v) is 4.86. The van der Waals surface area contributed by atoms with Crippen LogP contribution in [0, 0.1) is 10.7 Å². The molecule has 1 aromatic rings. The molecular weight excluding hydrogens is 613 g/mol. The third kappa shape index (κ3) is 6.95. The molecule has 0 aromatic heterocycles. The number of carbonyl (C=O) groups excluding carboxylic acids is 1. The normalized spacial score (nSPS) is 10.7. The number of rotatable bonds is 7. The number of aliphatic carboxylic acids is 1. The number of hydrogen-bond donors (Lipinski definition) is 2. The highest BCUT2D eigenvalue weighted by atomic mass is 127.